The van der Waals surface area contributed by atoms with Crippen molar-refractivity contribution in [2.45, 2.75) is 19.4 Å². The Bertz CT molecular complexity index is 853. The van der Waals surface area contributed by atoms with Crippen LogP contribution in [0.1, 0.15) is 12.5 Å². The minimum Gasteiger partial charge on any atom is -0.340 e. The average molecular weight is 404 g/mol. The Labute approximate surface area is 169 Å². The highest BCUT2D eigenvalue weighted by atomic mass is 35.5. The van der Waals surface area contributed by atoms with E-state index < -0.39 is 5.82 Å². The highest BCUT2D eigenvalue weighted by molar-refractivity contribution is 6.31. The second-order valence-electron chi connectivity index (χ2n) is 6.86. The monoisotopic (exact) mass is 403 g/mol. The van der Waals surface area contributed by atoms with E-state index in [-0.39, 0.29) is 24.3 Å². The summed E-state index contributed by atoms with van der Waals surface area (Å²) in [5.41, 5.74) is 1.25. The van der Waals surface area contributed by atoms with Crippen LogP contribution >= 0.6 is 11.6 Å². The number of hydrogen-bond acceptors (Lipinski definition) is 3. The summed E-state index contributed by atoms with van der Waals surface area (Å²) >= 11 is 6.14. The Balaban J connectivity index is 1.50. The molecule has 0 saturated carbocycles. The van der Waals surface area contributed by atoms with Crippen molar-refractivity contribution in [2.75, 3.05) is 31.5 Å². The van der Waals surface area contributed by atoms with E-state index in [1.165, 1.54) is 12.1 Å². The molecule has 0 bridgehead atoms. The maximum Gasteiger partial charge on any atom is 0.241 e. The molecule has 1 aliphatic heterocycles. The number of hydrogen-bond donors (Lipinski definition) is 1. The van der Waals surface area contributed by atoms with Gasteiger partial charge in [0.25, 0.3) is 0 Å². The van der Waals surface area contributed by atoms with Crippen LogP contribution in [0.5, 0.6) is 0 Å². The molecule has 0 aromatic heterocycles. The van der Waals surface area contributed by atoms with Crippen molar-refractivity contribution in [3.8, 4) is 0 Å². The first-order valence-corrected chi connectivity index (χ1v) is 9.63. The lowest BCUT2D eigenvalue weighted by Crippen LogP contribution is -2.54. The third-order valence-electron chi connectivity index (χ3n) is 4.99. The van der Waals surface area contributed by atoms with Crippen molar-refractivity contribution in [1.29, 1.82) is 0 Å². The number of amides is 2. The molecule has 2 amide bonds. The fourth-order valence-electron chi connectivity index (χ4n) is 3.25. The van der Waals surface area contributed by atoms with Crippen molar-refractivity contribution < 1.29 is 14.0 Å². The standard InChI is InChI=1S/C21H23ClFN3O2/c1-15(21(28)24-18-7-4-6-17(23)14-18)25-9-11-26(12-10-25)20(27)13-16-5-2-3-8-19(16)22/h2-8,14-15H,9-13H2,1H3,(H,24,28). The Hall–Kier alpha value is -2.44. The lowest BCUT2D eigenvalue weighted by atomic mass is 10.1. The van der Waals surface area contributed by atoms with Gasteiger partial charge in [-0.15, -0.1) is 0 Å². The zero-order valence-corrected chi connectivity index (χ0v) is 16.5. The average Bonchev–Trinajstić information content (AvgIpc) is 2.69. The quantitative estimate of drug-likeness (QED) is 0.834. The minimum atomic E-state index is -0.393. The number of nitrogens with zero attached hydrogens (tertiary/aromatic N) is 2. The Morgan fingerprint density at radius 2 is 1.82 bits per heavy atom. The highest BCUT2D eigenvalue weighted by Gasteiger charge is 2.27. The molecule has 0 radical (unpaired) electrons. The molecule has 1 saturated heterocycles. The summed E-state index contributed by atoms with van der Waals surface area (Å²) in [6.07, 6.45) is 0.273. The summed E-state index contributed by atoms with van der Waals surface area (Å²) in [6, 6.07) is 12.8. The maximum absolute atomic E-state index is 13.3. The van der Waals surface area contributed by atoms with Gasteiger partial charge in [-0.25, -0.2) is 4.39 Å². The van der Waals surface area contributed by atoms with E-state index >= 15 is 0 Å². The van der Waals surface area contributed by atoms with E-state index in [0.29, 0.717) is 36.9 Å². The van der Waals surface area contributed by atoms with E-state index in [0.717, 1.165) is 5.56 Å². The fraction of sp³-hybridized carbons (Fsp3) is 0.333. The molecular weight excluding hydrogens is 381 g/mol. The summed E-state index contributed by atoms with van der Waals surface area (Å²) in [5, 5.41) is 3.33. The molecule has 2 aromatic rings. The molecular formula is C21H23ClFN3O2. The van der Waals surface area contributed by atoms with Crippen molar-refractivity contribution in [1.82, 2.24) is 9.80 Å². The molecule has 1 N–H and O–H groups in total. The molecule has 1 aliphatic rings. The van der Waals surface area contributed by atoms with Gasteiger partial charge in [-0.05, 0) is 36.8 Å². The third-order valence-corrected chi connectivity index (χ3v) is 5.35. The van der Waals surface area contributed by atoms with Gasteiger partial charge in [-0.3, -0.25) is 14.5 Å². The van der Waals surface area contributed by atoms with Gasteiger partial charge in [0.15, 0.2) is 0 Å². The molecule has 0 spiro atoms. The number of nitrogens with one attached hydrogen (secondary N) is 1. The van der Waals surface area contributed by atoms with Crippen LogP contribution in [-0.2, 0) is 16.0 Å². The van der Waals surface area contributed by atoms with Crippen molar-refractivity contribution >= 4 is 29.1 Å². The lowest BCUT2D eigenvalue weighted by Gasteiger charge is -2.37. The van der Waals surface area contributed by atoms with Crippen LogP contribution in [0.15, 0.2) is 48.5 Å². The van der Waals surface area contributed by atoms with Crippen LogP contribution in [0.25, 0.3) is 0 Å². The van der Waals surface area contributed by atoms with Gasteiger partial charge in [-0.2, -0.15) is 0 Å². The van der Waals surface area contributed by atoms with E-state index in [9.17, 15) is 14.0 Å². The Kier molecular flexibility index (Phi) is 6.65. The normalized spacial score (nSPS) is 15.9. The second kappa shape index (κ2) is 9.17. The zero-order valence-electron chi connectivity index (χ0n) is 15.7. The lowest BCUT2D eigenvalue weighted by molar-refractivity contribution is -0.133. The summed E-state index contributed by atoms with van der Waals surface area (Å²) in [6.45, 7) is 4.13. The zero-order chi connectivity index (χ0) is 20.1. The number of halogens is 2. The summed E-state index contributed by atoms with van der Waals surface area (Å²) < 4.78 is 13.3. The van der Waals surface area contributed by atoms with Gasteiger partial charge >= 0.3 is 0 Å². The van der Waals surface area contributed by atoms with E-state index in [1.54, 1.807) is 23.1 Å². The molecule has 148 valence electrons. The highest BCUT2D eigenvalue weighted by Crippen LogP contribution is 2.17. The van der Waals surface area contributed by atoms with Gasteiger partial charge in [-0.1, -0.05) is 35.9 Å². The SMILES string of the molecule is CC(C(=O)Nc1cccc(F)c1)N1CCN(C(=O)Cc2ccccc2Cl)CC1. The molecule has 1 fully saturated rings. The summed E-state index contributed by atoms with van der Waals surface area (Å²) in [5.74, 6) is -0.554. The minimum absolute atomic E-state index is 0.0321. The predicted octanol–water partition coefficient (Wildman–Crippen LogP) is 3.19. The van der Waals surface area contributed by atoms with Gasteiger partial charge in [0.2, 0.25) is 11.8 Å². The van der Waals surface area contributed by atoms with Crippen LogP contribution in [0.2, 0.25) is 5.02 Å². The van der Waals surface area contributed by atoms with Gasteiger partial charge < -0.3 is 10.2 Å². The number of piperazine rings is 1. The Morgan fingerprint density at radius 1 is 1.11 bits per heavy atom. The van der Waals surface area contributed by atoms with Crippen molar-refractivity contribution in [3.63, 3.8) is 0 Å². The van der Waals surface area contributed by atoms with Gasteiger partial charge in [0.1, 0.15) is 5.82 Å². The second-order valence-corrected chi connectivity index (χ2v) is 7.27. The number of anilines is 1. The first-order valence-electron chi connectivity index (χ1n) is 9.25. The topological polar surface area (TPSA) is 52.7 Å². The summed E-state index contributed by atoms with van der Waals surface area (Å²) in [7, 11) is 0. The van der Waals surface area contributed by atoms with Crippen molar-refractivity contribution in [2.24, 2.45) is 0 Å². The van der Waals surface area contributed by atoms with Gasteiger partial charge in [0.05, 0.1) is 12.5 Å². The molecule has 0 aliphatic carbocycles. The third kappa shape index (κ3) is 5.09. The number of rotatable bonds is 5. The maximum atomic E-state index is 13.3. The number of carbonyl (C=O) groups is 2. The first kappa shape index (κ1) is 20.3. The molecule has 2 aromatic carbocycles. The molecule has 3 rings (SSSR count). The predicted molar refractivity (Wildman–Crippen MR) is 108 cm³/mol. The fourth-order valence-corrected chi connectivity index (χ4v) is 3.46. The molecule has 7 heteroatoms. The van der Waals surface area contributed by atoms with E-state index in [1.807, 2.05) is 30.0 Å². The van der Waals surface area contributed by atoms with Crippen LogP contribution < -0.4 is 5.32 Å². The van der Waals surface area contributed by atoms with Crippen LogP contribution in [0.4, 0.5) is 10.1 Å². The van der Waals surface area contributed by atoms with Crippen LogP contribution in [-0.4, -0.2) is 53.8 Å². The molecule has 1 heterocycles. The number of benzene rings is 2. The summed E-state index contributed by atoms with van der Waals surface area (Å²) in [4.78, 5) is 28.8. The van der Waals surface area contributed by atoms with Crippen molar-refractivity contribution in [3.05, 3.63) is 64.9 Å². The Morgan fingerprint density at radius 3 is 2.50 bits per heavy atom. The first-order chi connectivity index (χ1) is 13.4. The largest absolute Gasteiger partial charge is 0.340 e. The van der Waals surface area contributed by atoms with Gasteiger partial charge in [0, 0.05) is 36.9 Å². The molecule has 1 unspecified atom stereocenters. The molecule has 1 atom stereocenters. The molecule has 5 nitrogen and oxygen atoms in total. The van der Waals surface area contributed by atoms with E-state index in [4.69, 9.17) is 11.6 Å². The smallest absolute Gasteiger partial charge is 0.241 e. The van der Waals surface area contributed by atoms with Crippen LogP contribution in [0.3, 0.4) is 0 Å². The van der Waals surface area contributed by atoms with Crippen LogP contribution in [0, 0.1) is 5.82 Å². The molecule has 28 heavy (non-hydrogen) atoms. The van der Waals surface area contributed by atoms with E-state index in [2.05, 4.69) is 5.32 Å². The number of carbonyl (C=O) groups excluding carboxylic acids is 2.